The van der Waals surface area contributed by atoms with Gasteiger partial charge in [-0.05, 0) is 36.2 Å². The smallest absolute Gasteiger partial charge is 0.336 e. The summed E-state index contributed by atoms with van der Waals surface area (Å²) < 4.78 is 32.2. The molecule has 0 aliphatic carbocycles. The van der Waals surface area contributed by atoms with E-state index in [4.69, 9.17) is 4.52 Å². The lowest BCUT2D eigenvalue weighted by molar-refractivity contribution is -0.159. The van der Waals surface area contributed by atoms with E-state index in [9.17, 15) is 33.4 Å². The average Bonchev–Trinajstić information content (AvgIpc) is 3.16. The van der Waals surface area contributed by atoms with Crippen LogP contribution in [0.4, 0.5) is 8.78 Å². The van der Waals surface area contributed by atoms with Gasteiger partial charge < -0.3 is 14.7 Å². The lowest BCUT2D eigenvalue weighted by atomic mass is 10.0. The van der Waals surface area contributed by atoms with Crippen molar-refractivity contribution in [1.82, 2.24) is 15.6 Å². The molecule has 11 heteroatoms. The zero-order chi connectivity index (χ0) is 23.5. The molecule has 0 aliphatic heterocycles. The van der Waals surface area contributed by atoms with E-state index in [0.29, 0.717) is 11.1 Å². The fraction of sp³-hybridized carbons (Fsp3) is 0.190. The Morgan fingerprint density at radius 2 is 1.84 bits per heavy atom. The molecule has 0 saturated carbocycles. The molecule has 2 aromatic carbocycles. The number of benzene rings is 2. The van der Waals surface area contributed by atoms with E-state index in [1.807, 2.05) is 5.16 Å². The Balaban J connectivity index is 1.81. The topological polar surface area (TPSA) is 136 Å². The quantitative estimate of drug-likeness (QED) is 0.387. The first-order valence-corrected chi connectivity index (χ1v) is 9.30. The van der Waals surface area contributed by atoms with Gasteiger partial charge in [0.1, 0.15) is 11.6 Å². The predicted octanol–water partition coefficient (Wildman–Crippen LogP) is 1.90. The van der Waals surface area contributed by atoms with Gasteiger partial charge in [-0.25, -0.2) is 18.6 Å². The van der Waals surface area contributed by atoms with E-state index in [1.54, 1.807) is 12.1 Å². The zero-order valence-corrected chi connectivity index (χ0v) is 16.8. The molecule has 1 heterocycles. The number of carboxylic acid groups (broad SMARTS) is 1. The second-order valence-corrected chi connectivity index (χ2v) is 7.27. The first kappa shape index (κ1) is 22.8. The minimum atomic E-state index is -2.21. The van der Waals surface area contributed by atoms with E-state index in [0.717, 1.165) is 36.2 Å². The van der Waals surface area contributed by atoms with Crippen molar-refractivity contribution >= 4 is 11.9 Å². The van der Waals surface area contributed by atoms with Gasteiger partial charge in [0.25, 0.3) is 5.56 Å². The molecule has 3 rings (SSSR count). The summed E-state index contributed by atoms with van der Waals surface area (Å²) in [6.07, 6.45) is 0. The number of hydrazine groups is 1. The summed E-state index contributed by atoms with van der Waals surface area (Å²) in [5.41, 5.74) is 0.563. The third kappa shape index (κ3) is 5.45. The van der Waals surface area contributed by atoms with Crippen molar-refractivity contribution in [3.05, 3.63) is 81.8 Å². The molecule has 9 nitrogen and oxygen atoms in total. The van der Waals surface area contributed by atoms with Crippen LogP contribution in [-0.2, 0) is 11.3 Å². The molecule has 3 aromatic rings. The second kappa shape index (κ2) is 9.12. The molecule has 0 saturated heterocycles. The van der Waals surface area contributed by atoms with Gasteiger partial charge in [-0.1, -0.05) is 24.3 Å². The SMILES string of the molecule is C[C@@](O)(CN(Cc1ccc(-c2cc(F)ccc2F)cc1)NC(=O)c1cc(=O)[nH]o1)C(=O)O. The van der Waals surface area contributed by atoms with E-state index >= 15 is 0 Å². The van der Waals surface area contributed by atoms with Crippen LogP contribution in [0.1, 0.15) is 23.0 Å². The molecule has 168 valence electrons. The highest BCUT2D eigenvalue weighted by molar-refractivity contribution is 5.90. The average molecular weight is 447 g/mol. The van der Waals surface area contributed by atoms with Crippen LogP contribution in [-0.4, -0.2) is 44.4 Å². The maximum absolute atomic E-state index is 14.0. The molecule has 0 aliphatic rings. The highest BCUT2D eigenvalue weighted by Gasteiger charge is 2.33. The molecule has 0 spiro atoms. The number of aromatic nitrogens is 1. The molecule has 1 amide bonds. The summed E-state index contributed by atoms with van der Waals surface area (Å²) in [6.45, 7) is 0.486. The Morgan fingerprint density at radius 3 is 2.44 bits per heavy atom. The maximum Gasteiger partial charge on any atom is 0.336 e. The van der Waals surface area contributed by atoms with Crippen LogP contribution in [0.25, 0.3) is 11.1 Å². The number of aliphatic carboxylic acids is 1. The zero-order valence-electron chi connectivity index (χ0n) is 16.8. The fourth-order valence-corrected chi connectivity index (χ4v) is 2.90. The number of hydrogen-bond donors (Lipinski definition) is 4. The molecule has 1 atom stereocenters. The number of halogens is 2. The van der Waals surface area contributed by atoms with Crippen LogP contribution in [0.2, 0.25) is 0 Å². The first-order chi connectivity index (χ1) is 15.0. The van der Waals surface area contributed by atoms with Crippen LogP contribution in [0.5, 0.6) is 0 Å². The number of H-pyrrole nitrogens is 1. The van der Waals surface area contributed by atoms with Crippen LogP contribution in [0.3, 0.4) is 0 Å². The summed E-state index contributed by atoms with van der Waals surface area (Å²) in [6, 6.07) is 10.2. The Hall–Kier alpha value is -3.83. The van der Waals surface area contributed by atoms with Gasteiger partial charge in [-0.3, -0.25) is 15.0 Å². The minimum absolute atomic E-state index is 0.0598. The van der Waals surface area contributed by atoms with Crippen molar-refractivity contribution < 1.29 is 33.1 Å². The predicted molar refractivity (Wildman–Crippen MR) is 107 cm³/mol. The lowest BCUT2D eigenvalue weighted by Gasteiger charge is -2.28. The Morgan fingerprint density at radius 1 is 1.16 bits per heavy atom. The van der Waals surface area contributed by atoms with E-state index < -0.39 is 41.2 Å². The van der Waals surface area contributed by atoms with Gasteiger partial charge in [-0.2, -0.15) is 5.16 Å². The van der Waals surface area contributed by atoms with Crippen molar-refractivity contribution in [3.63, 3.8) is 0 Å². The molecule has 0 unspecified atom stereocenters. The number of aromatic amines is 1. The number of carboxylic acids is 1. The Kier molecular flexibility index (Phi) is 6.51. The fourth-order valence-electron chi connectivity index (χ4n) is 2.90. The van der Waals surface area contributed by atoms with Crippen LogP contribution in [0, 0.1) is 11.6 Å². The number of carbonyl (C=O) groups excluding carboxylic acids is 1. The largest absolute Gasteiger partial charge is 0.479 e. The normalized spacial score (nSPS) is 13.0. The van der Waals surface area contributed by atoms with Crippen LogP contribution >= 0.6 is 0 Å². The number of rotatable bonds is 8. The summed E-state index contributed by atoms with van der Waals surface area (Å²) >= 11 is 0. The van der Waals surface area contributed by atoms with Crippen molar-refractivity contribution in [2.24, 2.45) is 0 Å². The summed E-state index contributed by atoms with van der Waals surface area (Å²) in [4.78, 5) is 34.8. The third-order valence-electron chi connectivity index (χ3n) is 4.53. The molecule has 0 fully saturated rings. The molecule has 32 heavy (non-hydrogen) atoms. The Bertz CT molecular complexity index is 1190. The summed E-state index contributed by atoms with van der Waals surface area (Å²) in [5.74, 6) is -3.89. The van der Waals surface area contributed by atoms with Gasteiger partial charge in [0.05, 0.1) is 12.6 Å². The number of nitrogens with zero attached hydrogens (tertiary/aromatic N) is 1. The maximum atomic E-state index is 14.0. The van der Waals surface area contributed by atoms with E-state index in [1.165, 1.54) is 12.1 Å². The number of aliphatic hydroxyl groups is 1. The number of hydrogen-bond acceptors (Lipinski definition) is 6. The van der Waals surface area contributed by atoms with Crippen molar-refractivity contribution in [2.75, 3.05) is 6.54 Å². The van der Waals surface area contributed by atoms with E-state index in [-0.39, 0.29) is 17.9 Å². The molecule has 0 bridgehead atoms. The molecule has 0 radical (unpaired) electrons. The summed E-state index contributed by atoms with van der Waals surface area (Å²) in [5, 5.41) is 22.4. The van der Waals surface area contributed by atoms with Crippen molar-refractivity contribution in [2.45, 2.75) is 19.1 Å². The number of nitrogens with one attached hydrogen (secondary N) is 2. The third-order valence-corrected chi connectivity index (χ3v) is 4.53. The minimum Gasteiger partial charge on any atom is -0.479 e. The van der Waals surface area contributed by atoms with Crippen molar-refractivity contribution in [1.29, 1.82) is 0 Å². The van der Waals surface area contributed by atoms with Crippen LogP contribution < -0.4 is 11.0 Å². The Labute approximate surface area is 179 Å². The number of carbonyl (C=O) groups is 2. The molecule has 1 aromatic heterocycles. The molecular weight excluding hydrogens is 428 g/mol. The number of amides is 1. The first-order valence-electron chi connectivity index (χ1n) is 9.30. The van der Waals surface area contributed by atoms with Gasteiger partial charge >= 0.3 is 11.9 Å². The second-order valence-electron chi connectivity index (χ2n) is 7.27. The van der Waals surface area contributed by atoms with Gasteiger partial charge in [0.2, 0.25) is 5.76 Å². The highest BCUT2D eigenvalue weighted by Crippen LogP contribution is 2.24. The van der Waals surface area contributed by atoms with Gasteiger partial charge in [0, 0.05) is 12.1 Å². The highest BCUT2D eigenvalue weighted by atomic mass is 19.1. The molecule has 4 N–H and O–H groups in total. The molecular formula is C21H19F2N3O6. The summed E-state index contributed by atoms with van der Waals surface area (Å²) in [7, 11) is 0. The van der Waals surface area contributed by atoms with Crippen LogP contribution in [0.15, 0.2) is 57.8 Å². The standard InChI is InChI=1S/C21H19F2N3O6/c1-21(31,20(29)30)11-26(24-19(28)17-9-18(27)25-32-17)10-12-2-4-13(5-3-12)15-8-14(22)6-7-16(15)23/h2-9,31H,10-11H2,1H3,(H,24,28)(H,25,27)(H,29,30)/t21-/m1/s1. The van der Waals surface area contributed by atoms with Crippen molar-refractivity contribution in [3.8, 4) is 11.1 Å². The van der Waals surface area contributed by atoms with E-state index in [2.05, 4.69) is 5.43 Å². The van der Waals surface area contributed by atoms with Gasteiger partial charge in [0.15, 0.2) is 5.60 Å². The lowest BCUT2D eigenvalue weighted by Crippen LogP contribution is -2.52. The monoisotopic (exact) mass is 447 g/mol. The van der Waals surface area contributed by atoms with Gasteiger partial charge in [-0.15, -0.1) is 0 Å².